The summed E-state index contributed by atoms with van der Waals surface area (Å²) >= 11 is 0. The SMILES string of the molecule is C=C(C)C(=O)NCC1OCCO1. The molecule has 1 fully saturated rings. The molecule has 1 heterocycles. The summed E-state index contributed by atoms with van der Waals surface area (Å²) in [4.78, 5) is 11.0. The summed E-state index contributed by atoms with van der Waals surface area (Å²) in [5.74, 6) is -0.158. The van der Waals surface area contributed by atoms with Crippen molar-refractivity contribution in [3.8, 4) is 0 Å². The first-order chi connectivity index (χ1) is 5.70. The van der Waals surface area contributed by atoms with Gasteiger partial charge in [0, 0.05) is 5.57 Å². The fraction of sp³-hybridized carbons (Fsp3) is 0.625. The van der Waals surface area contributed by atoms with E-state index in [0.29, 0.717) is 25.3 Å². The Labute approximate surface area is 71.5 Å². The first-order valence-corrected chi connectivity index (χ1v) is 3.87. The van der Waals surface area contributed by atoms with Gasteiger partial charge in [-0.1, -0.05) is 6.58 Å². The Hall–Kier alpha value is -0.870. The second-order valence-electron chi connectivity index (χ2n) is 2.66. The first kappa shape index (κ1) is 9.22. The Morgan fingerprint density at radius 1 is 1.58 bits per heavy atom. The zero-order valence-corrected chi connectivity index (χ0v) is 7.13. The van der Waals surface area contributed by atoms with Gasteiger partial charge in [0.15, 0.2) is 6.29 Å². The molecule has 1 N–H and O–H groups in total. The predicted molar refractivity (Wildman–Crippen MR) is 43.5 cm³/mol. The maximum Gasteiger partial charge on any atom is 0.246 e. The van der Waals surface area contributed by atoms with Crippen molar-refractivity contribution in [2.75, 3.05) is 19.8 Å². The van der Waals surface area contributed by atoms with Crippen LogP contribution in [0.2, 0.25) is 0 Å². The third kappa shape index (κ3) is 2.64. The molecular formula is C8H13NO3. The van der Waals surface area contributed by atoms with Gasteiger partial charge in [-0.25, -0.2) is 0 Å². The largest absolute Gasteiger partial charge is 0.348 e. The molecule has 0 bridgehead atoms. The molecule has 0 saturated carbocycles. The summed E-state index contributed by atoms with van der Waals surface area (Å²) in [6.45, 7) is 6.77. The Morgan fingerprint density at radius 2 is 2.17 bits per heavy atom. The van der Waals surface area contributed by atoms with Crippen molar-refractivity contribution >= 4 is 5.91 Å². The Bertz CT molecular complexity index is 185. The van der Waals surface area contributed by atoms with Crippen LogP contribution in [0.4, 0.5) is 0 Å². The Kier molecular flexibility index (Phi) is 3.25. The highest BCUT2D eigenvalue weighted by molar-refractivity contribution is 5.92. The number of amides is 1. The molecule has 1 rings (SSSR count). The van der Waals surface area contributed by atoms with Crippen LogP contribution in [0.5, 0.6) is 0 Å². The van der Waals surface area contributed by atoms with E-state index in [1.165, 1.54) is 0 Å². The molecule has 0 aromatic carbocycles. The lowest BCUT2D eigenvalue weighted by Gasteiger charge is -2.09. The molecule has 1 aliphatic heterocycles. The molecule has 0 spiro atoms. The maximum atomic E-state index is 11.0. The molecule has 4 heteroatoms. The van der Waals surface area contributed by atoms with Gasteiger partial charge in [-0.3, -0.25) is 4.79 Å². The van der Waals surface area contributed by atoms with E-state index in [9.17, 15) is 4.79 Å². The van der Waals surface area contributed by atoms with Crippen LogP contribution >= 0.6 is 0 Å². The molecule has 1 amide bonds. The molecule has 0 aromatic rings. The molecule has 0 atom stereocenters. The summed E-state index contributed by atoms with van der Waals surface area (Å²) in [6, 6.07) is 0. The minimum Gasteiger partial charge on any atom is -0.348 e. The lowest BCUT2D eigenvalue weighted by Crippen LogP contribution is -2.32. The van der Waals surface area contributed by atoms with Gasteiger partial charge in [-0.05, 0) is 6.92 Å². The summed E-state index contributed by atoms with van der Waals surface area (Å²) in [5, 5.41) is 2.64. The average Bonchev–Trinajstić information content (AvgIpc) is 2.51. The van der Waals surface area contributed by atoms with Crippen molar-refractivity contribution in [3.63, 3.8) is 0 Å². The van der Waals surface area contributed by atoms with Gasteiger partial charge in [0.05, 0.1) is 19.8 Å². The van der Waals surface area contributed by atoms with Gasteiger partial charge >= 0.3 is 0 Å². The molecule has 4 nitrogen and oxygen atoms in total. The van der Waals surface area contributed by atoms with Gasteiger partial charge < -0.3 is 14.8 Å². The third-order valence-corrected chi connectivity index (χ3v) is 1.51. The summed E-state index contributed by atoms with van der Waals surface area (Å²) in [6.07, 6.45) is -0.284. The summed E-state index contributed by atoms with van der Waals surface area (Å²) < 4.78 is 10.2. The lowest BCUT2D eigenvalue weighted by molar-refractivity contribution is -0.119. The van der Waals surface area contributed by atoms with Crippen LogP contribution in [0, 0.1) is 0 Å². The quantitative estimate of drug-likeness (QED) is 0.610. The fourth-order valence-electron chi connectivity index (χ4n) is 0.852. The van der Waals surface area contributed by atoms with Crippen molar-refractivity contribution < 1.29 is 14.3 Å². The van der Waals surface area contributed by atoms with E-state index < -0.39 is 0 Å². The lowest BCUT2D eigenvalue weighted by atomic mass is 10.3. The highest BCUT2D eigenvalue weighted by atomic mass is 16.7. The smallest absolute Gasteiger partial charge is 0.246 e. The topological polar surface area (TPSA) is 47.6 Å². The van der Waals surface area contributed by atoms with Crippen LogP contribution in [-0.2, 0) is 14.3 Å². The van der Waals surface area contributed by atoms with Crippen molar-refractivity contribution in [3.05, 3.63) is 12.2 Å². The minimum absolute atomic E-state index is 0.158. The second-order valence-corrected chi connectivity index (χ2v) is 2.66. The van der Waals surface area contributed by atoms with E-state index in [4.69, 9.17) is 9.47 Å². The Morgan fingerprint density at radius 3 is 2.67 bits per heavy atom. The zero-order chi connectivity index (χ0) is 8.97. The minimum atomic E-state index is -0.284. The molecule has 0 aliphatic carbocycles. The maximum absolute atomic E-state index is 11.0. The fourth-order valence-corrected chi connectivity index (χ4v) is 0.852. The molecule has 1 aliphatic rings. The van der Waals surface area contributed by atoms with E-state index >= 15 is 0 Å². The van der Waals surface area contributed by atoms with Crippen molar-refractivity contribution in [1.82, 2.24) is 5.32 Å². The molecule has 0 aromatic heterocycles. The van der Waals surface area contributed by atoms with E-state index in [1.807, 2.05) is 0 Å². The van der Waals surface area contributed by atoms with Gasteiger partial charge in [-0.2, -0.15) is 0 Å². The van der Waals surface area contributed by atoms with Crippen LogP contribution in [0.25, 0.3) is 0 Å². The van der Waals surface area contributed by atoms with Gasteiger partial charge in [0.1, 0.15) is 0 Å². The summed E-state index contributed by atoms with van der Waals surface area (Å²) in [7, 11) is 0. The first-order valence-electron chi connectivity index (χ1n) is 3.87. The second kappa shape index (κ2) is 4.23. The number of carbonyl (C=O) groups excluding carboxylic acids is 1. The monoisotopic (exact) mass is 171 g/mol. The van der Waals surface area contributed by atoms with Crippen LogP contribution in [-0.4, -0.2) is 32.0 Å². The molecular weight excluding hydrogens is 158 g/mol. The van der Waals surface area contributed by atoms with Crippen LogP contribution in [0.3, 0.4) is 0 Å². The van der Waals surface area contributed by atoms with Crippen LogP contribution < -0.4 is 5.32 Å². The number of ether oxygens (including phenoxy) is 2. The number of rotatable bonds is 3. The molecule has 0 radical (unpaired) electrons. The number of hydrogen-bond donors (Lipinski definition) is 1. The normalized spacial score (nSPS) is 17.8. The number of nitrogens with one attached hydrogen (secondary N) is 1. The number of hydrogen-bond acceptors (Lipinski definition) is 3. The van der Waals surface area contributed by atoms with Gasteiger partial charge in [-0.15, -0.1) is 0 Å². The number of carbonyl (C=O) groups is 1. The van der Waals surface area contributed by atoms with E-state index in [1.54, 1.807) is 6.92 Å². The van der Waals surface area contributed by atoms with Crippen LogP contribution in [0.15, 0.2) is 12.2 Å². The van der Waals surface area contributed by atoms with Gasteiger partial charge in [0.25, 0.3) is 0 Å². The van der Waals surface area contributed by atoms with Gasteiger partial charge in [0.2, 0.25) is 5.91 Å². The van der Waals surface area contributed by atoms with Crippen LogP contribution in [0.1, 0.15) is 6.92 Å². The van der Waals surface area contributed by atoms with E-state index in [0.717, 1.165) is 0 Å². The van der Waals surface area contributed by atoms with E-state index in [2.05, 4.69) is 11.9 Å². The standard InChI is InChI=1S/C8H13NO3/c1-6(2)8(10)9-5-7-11-3-4-12-7/h7H,1,3-5H2,2H3,(H,9,10). The highest BCUT2D eigenvalue weighted by Gasteiger charge is 2.16. The van der Waals surface area contributed by atoms with Crippen molar-refractivity contribution in [2.45, 2.75) is 13.2 Å². The molecule has 0 unspecified atom stereocenters. The van der Waals surface area contributed by atoms with Crippen molar-refractivity contribution in [1.29, 1.82) is 0 Å². The Balaban J connectivity index is 2.16. The third-order valence-electron chi connectivity index (χ3n) is 1.51. The van der Waals surface area contributed by atoms with E-state index in [-0.39, 0.29) is 12.2 Å². The zero-order valence-electron chi connectivity index (χ0n) is 7.13. The molecule has 1 saturated heterocycles. The van der Waals surface area contributed by atoms with Crippen molar-refractivity contribution in [2.24, 2.45) is 0 Å². The summed E-state index contributed by atoms with van der Waals surface area (Å²) in [5.41, 5.74) is 0.494. The molecule has 68 valence electrons. The predicted octanol–water partition coefficient (Wildman–Crippen LogP) is 0.0516. The molecule has 12 heavy (non-hydrogen) atoms. The average molecular weight is 171 g/mol. The highest BCUT2D eigenvalue weighted by Crippen LogP contribution is 2.01.